The third kappa shape index (κ3) is 5.39. The predicted octanol–water partition coefficient (Wildman–Crippen LogP) is 0.709. The third-order valence-corrected chi connectivity index (χ3v) is 2.60. The highest BCUT2D eigenvalue weighted by Crippen LogP contribution is 2.09. The molecule has 0 radical (unpaired) electrons. The zero-order valence-corrected chi connectivity index (χ0v) is 13.1. The summed E-state index contributed by atoms with van der Waals surface area (Å²) in [5.41, 5.74) is 3.10. The first kappa shape index (κ1) is 16.9. The predicted molar refractivity (Wildman–Crippen MR) is 81.6 cm³/mol. The maximum atomic E-state index is 12.2. The first-order valence-electron chi connectivity index (χ1n) is 6.70. The van der Waals surface area contributed by atoms with E-state index < -0.39 is 6.04 Å². The van der Waals surface area contributed by atoms with Gasteiger partial charge in [-0.05, 0) is 46.8 Å². The van der Waals surface area contributed by atoms with Crippen LogP contribution in [0, 0.1) is 6.92 Å². The molecule has 7 heteroatoms. The number of nitrogens with one attached hydrogen (secondary N) is 3. The Labute approximate surface area is 124 Å². The Bertz CT molecular complexity index is 537. The van der Waals surface area contributed by atoms with Gasteiger partial charge in [0.2, 0.25) is 5.91 Å². The molecule has 0 spiro atoms. The standard InChI is InChI=1S/C14H23N5O2/c1-8-6-10(7-11(16-8)19-15)13(21)17-9(2)12(20)18-14(3,4)5/h6-7,9H,15H2,1-5H3,(H,16,19)(H,17,21)(H,18,20). The molecule has 1 aromatic rings. The lowest BCUT2D eigenvalue weighted by molar-refractivity contribution is -0.124. The summed E-state index contributed by atoms with van der Waals surface area (Å²) in [6.07, 6.45) is 0. The number of hydrazine groups is 1. The van der Waals surface area contributed by atoms with Crippen molar-refractivity contribution in [3.63, 3.8) is 0 Å². The number of rotatable bonds is 4. The van der Waals surface area contributed by atoms with E-state index in [1.165, 1.54) is 6.07 Å². The van der Waals surface area contributed by atoms with Crippen molar-refractivity contribution in [1.82, 2.24) is 15.6 Å². The van der Waals surface area contributed by atoms with Gasteiger partial charge in [-0.2, -0.15) is 0 Å². The van der Waals surface area contributed by atoms with Crippen molar-refractivity contribution >= 4 is 17.6 Å². The van der Waals surface area contributed by atoms with Gasteiger partial charge in [-0.15, -0.1) is 0 Å². The highest BCUT2D eigenvalue weighted by Gasteiger charge is 2.21. The van der Waals surface area contributed by atoms with Crippen LogP contribution in [-0.2, 0) is 4.79 Å². The lowest BCUT2D eigenvalue weighted by Crippen LogP contribution is -2.50. The molecule has 21 heavy (non-hydrogen) atoms. The van der Waals surface area contributed by atoms with E-state index >= 15 is 0 Å². The van der Waals surface area contributed by atoms with Crippen LogP contribution in [0.2, 0.25) is 0 Å². The molecule has 1 unspecified atom stereocenters. The maximum Gasteiger partial charge on any atom is 0.252 e. The normalized spacial score (nSPS) is 12.5. The molecule has 1 heterocycles. The maximum absolute atomic E-state index is 12.2. The fourth-order valence-corrected chi connectivity index (χ4v) is 1.70. The Balaban J connectivity index is 2.77. The minimum atomic E-state index is -0.639. The van der Waals surface area contributed by atoms with E-state index in [-0.39, 0.29) is 17.4 Å². The first-order valence-corrected chi connectivity index (χ1v) is 6.70. The van der Waals surface area contributed by atoms with E-state index in [9.17, 15) is 9.59 Å². The van der Waals surface area contributed by atoms with Crippen LogP contribution in [-0.4, -0.2) is 28.4 Å². The van der Waals surface area contributed by atoms with Crippen molar-refractivity contribution < 1.29 is 9.59 Å². The minimum Gasteiger partial charge on any atom is -0.350 e. The number of pyridine rings is 1. The topological polar surface area (TPSA) is 109 Å². The van der Waals surface area contributed by atoms with E-state index in [1.807, 2.05) is 20.8 Å². The fraction of sp³-hybridized carbons (Fsp3) is 0.500. The summed E-state index contributed by atoms with van der Waals surface area (Å²) in [4.78, 5) is 28.2. The highest BCUT2D eigenvalue weighted by molar-refractivity contribution is 5.98. The number of carbonyl (C=O) groups excluding carboxylic acids is 2. The summed E-state index contributed by atoms with van der Waals surface area (Å²) in [5, 5.41) is 5.46. The van der Waals surface area contributed by atoms with E-state index in [4.69, 9.17) is 5.84 Å². The van der Waals surface area contributed by atoms with E-state index in [0.717, 1.165) is 0 Å². The summed E-state index contributed by atoms with van der Waals surface area (Å²) in [6, 6.07) is 2.51. The Morgan fingerprint density at radius 3 is 2.43 bits per heavy atom. The average molecular weight is 293 g/mol. The van der Waals surface area contributed by atoms with Crippen molar-refractivity contribution in [3.05, 3.63) is 23.4 Å². The number of nitrogens with zero attached hydrogens (tertiary/aromatic N) is 1. The van der Waals surface area contributed by atoms with Crippen molar-refractivity contribution in [2.45, 2.75) is 46.2 Å². The second-order valence-corrected chi connectivity index (χ2v) is 5.96. The van der Waals surface area contributed by atoms with Crippen LogP contribution in [0.5, 0.6) is 0 Å². The number of hydrogen-bond acceptors (Lipinski definition) is 5. The van der Waals surface area contributed by atoms with Gasteiger partial charge in [0.15, 0.2) is 0 Å². The molecule has 0 aliphatic carbocycles. The molecule has 0 saturated carbocycles. The number of anilines is 1. The number of hydrogen-bond donors (Lipinski definition) is 4. The summed E-state index contributed by atoms with van der Waals surface area (Å²) in [7, 11) is 0. The Morgan fingerprint density at radius 1 is 1.29 bits per heavy atom. The number of amides is 2. The van der Waals surface area contributed by atoms with Gasteiger partial charge in [0.05, 0.1) is 0 Å². The Hall–Kier alpha value is -2.15. The third-order valence-electron chi connectivity index (χ3n) is 2.60. The van der Waals surface area contributed by atoms with Gasteiger partial charge in [-0.3, -0.25) is 9.59 Å². The van der Waals surface area contributed by atoms with Gasteiger partial charge in [-0.25, -0.2) is 10.8 Å². The number of carbonyl (C=O) groups is 2. The number of aryl methyl sites for hydroxylation is 1. The zero-order chi connectivity index (χ0) is 16.2. The smallest absolute Gasteiger partial charge is 0.252 e. The molecule has 0 aliphatic rings. The van der Waals surface area contributed by atoms with Gasteiger partial charge in [0, 0.05) is 16.8 Å². The molecule has 0 saturated heterocycles. The monoisotopic (exact) mass is 293 g/mol. The van der Waals surface area contributed by atoms with Crippen molar-refractivity contribution in [1.29, 1.82) is 0 Å². The van der Waals surface area contributed by atoms with Gasteiger partial charge < -0.3 is 16.1 Å². The summed E-state index contributed by atoms with van der Waals surface area (Å²) in [5.74, 6) is 5.10. The Kier molecular flexibility index (Phi) is 5.26. The minimum absolute atomic E-state index is 0.237. The molecular formula is C14H23N5O2. The molecule has 0 aliphatic heterocycles. The van der Waals surface area contributed by atoms with Gasteiger partial charge >= 0.3 is 0 Å². The second kappa shape index (κ2) is 6.53. The first-order chi connectivity index (χ1) is 9.62. The molecule has 1 atom stereocenters. The van der Waals surface area contributed by atoms with Gasteiger partial charge in [0.1, 0.15) is 11.9 Å². The van der Waals surface area contributed by atoms with Crippen LogP contribution in [0.15, 0.2) is 12.1 Å². The van der Waals surface area contributed by atoms with E-state index in [1.54, 1.807) is 19.9 Å². The molecule has 0 aromatic carbocycles. The average Bonchev–Trinajstić information content (AvgIpc) is 2.35. The van der Waals surface area contributed by atoms with Crippen LogP contribution in [0.4, 0.5) is 5.82 Å². The van der Waals surface area contributed by atoms with Crippen molar-refractivity contribution in [2.24, 2.45) is 5.84 Å². The molecule has 5 N–H and O–H groups in total. The molecule has 2 amide bonds. The van der Waals surface area contributed by atoms with E-state index in [0.29, 0.717) is 17.1 Å². The number of nitrogens with two attached hydrogens (primary N) is 1. The quantitative estimate of drug-likeness (QED) is 0.483. The molecule has 1 aromatic heterocycles. The second-order valence-electron chi connectivity index (χ2n) is 5.96. The lowest BCUT2D eigenvalue weighted by atomic mass is 10.1. The SMILES string of the molecule is Cc1cc(C(=O)NC(C)C(=O)NC(C)(C)C)cc(NN)n1. The lowest BCUT2D eigenvalue weighted by Gasteiger charge is -2.23. The number of aromatic nitrogens is 1. The summed E-state index contributed by atoms with van der Waals surface area (Å²) < 4.78 is 0. The fourth-order valence-electron chi connectivity index (χ4n) is 1.70. The summed E-state index contributed by atoms with van der Waals surface area (Å²) >= 11 is 0. The molecule has 0 bridgehead atoms. The molecule has 7 nitrogen and oxygen atoms in total. The molecule has 116 valence electrons. The van der Waals surface area contributed by atoms with Crippen LogP contribution >= 0.6 is 0 Å². The van der Waals surface area contributed by atoms with E-state index in [2.05, 4.69) is 21.0 Å². The largest absolute Gasteiger partial charge is 0.350 e. The Morgan fingerprint density at radius 2 is 1.90 bits per heavy atom. The van der Waals surface area contributed by atoms with Crippen LogP contribution in [0.1, 0.15) is 43.7 Å². The highest BCUT2D eigenvalue weighted by atomic mass is 16.2. The molecule has 1 rings (SSSR count). The molecule has 0 fully saturated rings. The summed E-state index contributed by atoms with van der Waals surface area (Å²) in [6.45, 7) is 9.03. The van der Waals surface area contributed by atoms with Crippen LogP contribution < -0.4 is 21.9 Å². The van der Waals surface area contributed by atoms with Crippen molar-refractivity contribution in [3.8, 4) is 0 Å². The van der Waals surface area contributed by atoms with Gasteiger partial charge in [-0.1, -0.05) is 0 Å². The van der Waals surface area contributed by atoms with Crippen molar-refractivity contribution in [2.75, 3.05) is 5.43 Å². The molecular weight excluding hydrogens is 270 g/mol. The van der Waals surface area contributed by atoms with Crippen LogP contribution in [0.3, 0.4) is 0 Å². The van der Waals surface area contributed by atoms with Crippen LogP contribution in [0.25, 0.3) is 0 Å². The number of nitrogen functional groups attached to an aromatic ring is 1. The zero-order valence-electron chi connectivity index (χ0n) is 13.1. The van der Waals surface area contributed by atoms with Gasteiger partial charge in [0.25, 0.3) is 5.91 Å².